The van der Waals surface area contributed by atoms with E-state index in [9.17, 15) is 4.79 Å². The summed E-state index contributed by atoms with van der Waals surface area (Å²) in [7, 11) is 0. The molecule has 4 heteroatoms. The van der Waals surface area contributed by atoms with Crippen LogP contribution in [0.5, 0.6) is 0 Å². The van der Waals surface area contributed by atoms with E-state index in [-0.39, 0.29) is 18.1 Å². The van der Waals surface area contributed by atoms with Crippen molar-refractivity contribution in [1.29, 1.82) is 0 Å². The second-order valence-corrected chi connectivity index (χ2v) is 4.76. The molecule has 2 aliphatic heterocycles. The van der Waals surface area contributed by atoms with Crippen LogP contribution < -0.4 is 5.32 Å². The van der Waals surface area contributed by atoms with Gasteiger partial charge in [-0.25, -0.2) is 0 Å². The zero-order chi connectivity index (χ0) is 11.4. The van der Waals surface area contributed by atoms with Crippen molar-refractivity contribution >= 4 is 5.91 Å². The summed E-state index contributed by atoms with van der Waals surface area (Å²) in [6.07, 6.45) is 4.34. The molecule has 2 fully saturated rings. The number of amides is 1. The molecule has 0 spiro atoms. The van der Waals surface area contributed by atoms with E-state index in [4.69, 9.17) is 4.74 Å². The molecule has 0 aliphatic carbocycles. The Kier molecular flexibility index (Phi) is 4.18. The fourth-order valence-corrected chi connectivity index (χ4v) is 2.47. The smallest absolute Gasteiger partial charge is 0.251 e. The number of likely N-dealkylation sites (tertiary alicyclic amines) is 1. The zero-order valence-electron chi connectivity index (χ0n) is 10.1. The fraction of sp³-hybridized carbons (Fsp3) is 0.917. The summed E-state index contributed by atoms with van der Waals surface area (Å²) in [5.74, 6) is 0.177. The molecule has 2 heterocycles. The van der Waals surface area contributed by atoms with Gasteiger partial charge >= 0.3 is 0 Å². The standard InChI is InChI=1S/C12H22N2O2/c1-10(12(15)14-8-2-3-9-14)16-11-4-6-13-7-5-11/h10-11,13H,2-9H2,1H3. The Labute approximate surface area is 97.3 Å². The molecule has 2 rings (SSSR count). The summed E-state index contributed by atoms with van der Waals surface area (Å²) in [6, 6.07) is 0. The van der Waals surface area contributed by atoms with Crippen LogP contribution in [0.3, 0.4) is 0 Å². The van der Waals surface area contributed by atoms with Crippen molar-refractivity contribution in [2.45, 2.75) is 44.8 Å². The summed E-state index contributed by atoms with van der Waals surface area (Å²) in [6.45, 7) is 5.74. The number of nitrogens with one attached hydrogen (secondary N) is 1. The Morgan fingerprint density at radius 1 is 1.31 bits per heavy atom. The number of carbonyl (C=O) groups is 1. The quantitative estimate of drug-likeness (QED) is 0.772. The molecule has 0 saturated carbocycles. The largest absolute Gasteiger partial charge is 0.365 e. The predicted octanol–water partition coefficient (Wildman–Crippen LogP) is 0.766. The molecule has 1 atom stereocenters. The third kappa shape index (κ3) is 2.95. The van der Waals surface area contributed by atoms with Crippen molar-refractivity contribution in [2.24, 2.45) is 0 Å². The van der Waals surface area contributed by atoms with Crippen LogP contribution in [0.4, 0.5) is 0 Å². The van der Waals surface area contributed by atoms with Crippen LogP contribution in [0.15, 0.2) is 0 Å². The van der Waals surface area contributed by atoms with Gasteiger partial charge in [0, 0.05) is 13.1 Å². The number of carbonyl (C=O) groups excluding carboxylic acids is 1. The lowest BCUT2D eigenvalue weighted by Gasteiger charge is -2.28. The maximum Gasteiger partial charge on any atom is 0.251 e. The van der Waals surface area contributed by atoms with Gasteiger partial charge in [0.2, 0.25) is 0 Å². The highest BCUT2D eigenvalue weighted by molar-refractivity contribution is 5.80. The average Bonchev–Trinajstić information content (AvgIpc) is 2.83. The maximum absolute atomic E-state index is 12.0. The van der Waals surface area contributed by atoms with E-state index in [1.807, 2.05) is 11.8 Å². The van der Waals surface area contributed by atoms with E-state index in [2.05, 4.69) is 5.32 Å². The molecule has 0 bridgehead atoms. The lowest BCUT2D eigenvalue weighted by Crippen LogP contribution is -2.41. The molecule has 2 aliphatic rings. The van der Waals surface area contributed by atoms with Crippen molar-refractivity contribution in [1.82, 2.24) is 10.2 Å². The minimum absolute atomic E-state index is 0.177. The lowest BCUT2D eigenvalue weighted by molar-refractivity contribution is -0.146. The Morgan fingerprint density at radius 2 is 1.94 bits per heavy atom. The molecule has 0 aromatic rings. The Morgan fingerprint density at radius 3 is 2.56 bits per heavy atom. The topological polar surface area (TPSA) is 41.6 Å². The zero-order valence-corrected chi connectivity index (χ0v) is 10.1. The SMILES string of the molecule is CC(OC1CCNCC1)C(=O)N1CCCC1. The van der Waals surface area contributed by atoms with E-state index in [1.54, 1.807) is 0 Å². The predicted molar refractivity (Wildman–Crippen MR) is 62.3 cm³/mol. The average molecular weight is 226 g/mol. The number of piperidine rings is 1. The van der Waals surface area contributed by atoms with Gasteiger partial charge in [0.1, 0.15) is 6.10 Å². The van der Waals surface area contributed by atoms with Crippen LogP contribution in [0.25, 0.3) is 0 Å². The first kappa shape index (κ1) is 11.9. The van der Waals surface area contributed by atoms with Crippen LogP contribution in [-0.4, -0.2) is 49.2 Å². The minimum atomic E-state index is -0.263. The van der Waals surface area contributed by atoms with E-state index in [0.29, 0.717) is 0 Å². The molecule has 1 N–H and O–H groups in total. The minimum Gasteiger partial charge on any atom is -0.365 e. The summed E-state index contributed by atoms with van der Waals surface area (Å²) in [5, 5.41) is 3.30. The summed E-state index contributed by atoms with van der Waals surface area (Å²) < 4.78 is 5.83. The fourth-order valence-electron chi connectivity index (χ4n) is 2.47. The lowest BCUT2D eigenvalue weighted by atomic mass is 10.1. The molecule has 4 nitrogen and oxygen atoms in total. The Balaban J connectivity index is 1.77. The van der Waals surface area contributed by atoms with Gasteiger partial charge in [-0.2, -0.15) is 0 Å². The van der Waals surface area contributed by atoms with E-state index in [1.165, 1.54) is 0 Å². The molecule has 16 heavy (non-hydrogen) atoms. The summed E-state index contributed by atoms with van der Waals surface area (Å²) in [4.78, 5) is 13.9. The summed E-state index contributed by atoms with van der Waals surface area (Å²) in [5.41, 5.74) is 0. The Bertz CT molecular complexity index is 233. The number of hydrogen-bond acceptors (Lipinski definition) is 3. The third-order valence-corrected chi connectivity index (χ3v) is 3.45. The highest BCUT2D eigenvalue weighted by atomic mass is 16.5. The van der Waals surface area contributed by atoms with Gasteiger partial charge in [0.15, 0.2) is 0 Å². The first-order valence-electron chi connectivity index (χ1n) is 6.42. The Hall–Kier alpha value is -0.610. The second kappa shape index (κ2) is 5.64. The van der Waals surface area contributed by atoms with Gasteiger partial charge < -0.3 is 15.0 Å². The van der Waals surface area contributed by atoms with Crippen LogP contribution >= 0.6 is 0 Å². The van der Waals surface area contributed by atoms with Crippen LogP contribution in [0.2, 0.25) is 0 Å². The molecular formula is C12H22N2O2. The first-order chi connectivity index (χ1) is 7.77. The molecule has 1 amide bonds. The van der Waals surface area contributed by atoms with Crippen LogP contribution in [-0.2, 0) is 9.53 Å². The van der Waals surface area contributed by atoms with E-state index >= 15 is 0 Å². The van der Waals surface area contributed by atoms with Crippen molar-refractivity contribution in [3.63, 3.8) is 0 Å². The normalized spacial score (nSPS) is 24.7. The van der Waals surface area contributed by atoms with Gasteiger partial charge in [-0.15, -0.1) is 0 Å². The highest BCUT2D eigenvalue weighted by Gasteiger charge is 2.26. The molecule has 0 aromatic heterocycles. The molecule has 92 valence electrons. The van der Waals surface area contributed by atoms with Crippen molar-refractivity contribution in [3.05, 3.63) is 0 Å². The second-order valence-electron chi connectivity index (χ2n) is 4.76. The molecule has 2 saturated heterocycles. The van der Waals surface area contributed by atoms with Gasteiger partial charge in [-0.05, 0) is 45.7 Å². The molecule has 1 unspecified atom stereocenters. The first-order valence-corrected chi connectivity index (χ1v) is 6.42. The van der Waals surface area contributed by atoms with Gasteiger partial charge in [-0.3, -0.25) is 4.79 Å². The van der Waals surface area contributed by atoms with Gasteiger partial charge in [0.25, 0.3) is 5.91 Å². The number of hydrogen-bond donors (Lipinski definition) is 1. The molecule has 0 radical (unpaired) electrons. The van der Waals surface area contributed by atoms with Crippen molar-refractivity contribution < 1.29 is 9.53 Å². The number of ether oxygens (including phenoxy) is 1. The van der Waals surface area contributed by atoms with Crippen molar-refractivity contribution in [2.75, 3.05) is 26.2 Å². The summed E-state index contributed by atoms with van der Waals surface area (Å²) >= 11 is 0. The van der Waals surface area contributed by atoms with Gasteiger partial charge in [-0.1, -0.05) is 0 Å². The van der Waals surface area contributed by atoms with E-state index < -0.39 is 0 Å². The highest BCUT2D eigenvalue weighted by Crippen LogP contribution is 2.14. The maximum atomic E-state index is 12.0. The van der Waals surface area contributed by atoms with E-state index in [0.717, 1.165) is 51.9 Å². The number of nitrogens with zero attached hydrogens (tertiary/aromatic N) is 1. The van der Waals surface area contributed by atoms with Crippen LogP contribution in [0, 0.1) is 0 Å². The third-order valence-electron chi connectivity index (χ3n) is 3.45. The van der Waals surface area contributed by atoms with Crippen molar-refractivity contribution in [3.8, 4) is 0 Å². The van der Waals surface area contributed by atoms with Gasteiger partial charge in [0.05, 0.1) is 6.10 Å². The molecular weight excluding hydrogens is 204 g/mol. The molecule has 0 aromatic carbocycles. The monoisotopic (exact) mass is 226 g/mol. The van der Waals surface area contributed by atoms with Crippen LogP contribution in [0.1, 0.15) is 32.6 Å². The number of rotatable bonds is 3.